The number of anilines is 2. The lowest BCUT2D eigenvalue weighted by Gasteiger charge is -2.39. The van der Waals surface area contributed by atoms with Gasteiger partial charge in [0, 0.05) is 26.2 Å². The van der Waals surface area contributed by atoms with Crippen molar-refractivity contribution in [2.45, 2.75) is 51.1 Å². The van der Waals surface area contributed by atoms with E-state index in [2.05, 4.69) is 25.4 Å². The van der Waals surface area contributed by atoms with Crippen LogP contribution in [-0.2, 0) is 32.6 Å². The molecule has 0 bridgehead atoms. The molecule has 0 aliphatic carbocycles. The predicted octanol–water partition coefficient (Wildman–Crippen LogP) is 3.07. The molecule has 50 heavy (non-hydrogen) atoms. The van der Waals surface area contributed by atoms with E-state index >= 15 is 0 Å². The monoisotopic (exact) mass is 717 g/mol. The number of alkyl halides is 3. The van der Waals surface area contributed by atoms with Crippen LogP contribution in [0.4, 0.5) is 24.8 Å². The SMILES string of the molecule is Cc1ncnc(C(=O)N2CCC3(CC2)O[C@H](C)c2c3c(=O)n3nc(N4CCOCC4)nc3n2CC(=O)Nc2ccc(C(F)(F)F)cc2Cl)c1O. The van der Waals surface area contributed by atoms with Gasteiger partial charge >= 0.3 is 6.18 Å². The molecule has 2 N–H and O–H groups in total. The van der Waals surface area contributed by atoms with E-state index in [1.807, 2.05) is 4.90 Å². The molecule has 1 aromatic carbocycles. The third-order valence-corrected chi connectivity index (χ3v) is 9.56. The summed E-state index contributed by atoms with van der Waals surface area (Å²) in [5.74, 6) is -1.12. The van der Waals surface area contributed by atoms with Gasteiger partial charge in [0.05, 0.1) is 52.5 Å². The molecule has 15 nitrogen and oxygen atoms in total. The fourth-order valence-corrected chi connectivity index (χ4v) is 6.99. The summed E-state index contributed by atoms with van der Waals surface area (Å²) in [6, 6.07) is 2.61. The molecule has 2 fully saturated rings. The van der Waals surface area contributed by atoms with Crippen LogP contribution >= 0.6 is 11.6 Å². The Morgan fingerprint density at radius 1 is 1.14 bits per heavy atom. The van der Waals surface area contributed by atoms with Crippen molar-refractivity contribution in [1.29, 1.82) is 0 Å². The van der Waals surface area contributed by atoms with Gasteiger partial charge in [0.1, 0.15) is 18.5 Å². The summed E-state index contributed by atoms with van der Waals surface area (Å²) in [5.41, 5.74) is -1.85. The Kier molecular flexibility index (Phi) is 8.42. The van der Waals surface area contributed by atoms with E-state index in [1.165, 1.54) is 15.8 Å². The maximum atomic E-state index is 14.3. The number of fused-ring (bicyclic) bond motifs is 3. The molecule has 1 atom stereocenters. The predicted molar refractivity (Wildman–Crippen MR) is 170 cm³/mol. The number of aromatic nitrogens is 6. The molecule has 3 aliphatic heterocycles. The second kappa shape index (κ2) is 12.5. The van der Waals surface area contributed by atoms with E-state index in [-0.39, 0.29) is 71.1 Å². The zero-order chi connectivity index (χ0) is 35.5. The molecule has 2 saturated heterocycles. The highest BCUT2D eigenvalue weighted by Gasteiger charge is 2.51. The number of morpholine rings is 1. The average molecular weight is 718 g/mol. The second-order valence-electron chi connectivity index (χ2n) is 12.3. The third-order valence-electron chi connectivity index (χ3n) is 9.25. The number of ether oxygens (including phenoxy) is 2. The Balaban J connectivity index is 1.25. The number of piperidine rings is 1. The molecule has 1 spiro atoms. The van der Waals surface area contributed by atoms with Gasteiger partial charge in [-0.3, -0.25) is 14.4 Å². The van der Waals surface area contributed by atoms with Crippen LogP contribution in [0.2, 0.25) is 5.02 Å². The summed E-state index contributed by atoms with van der Waals surface area (Å²) in [7, 11) is 0. The summed E-state index contributed by atoms with van der Waals surface area (Å²) < 4.78 is 54.2. The van der Waals surface area contributed by atoms with Gasteiger partial charge in [-0.25, -0.2) is 9.97 Å². The maximum absolute atomic E-state index is 14.3. The molecule has 3 aromatic heterocycles. The first-order valence-electron chi connectivity index (χ1n) is 15.8. The number of carbonyl (C=O) groups excluding carboxylic acids is 2. The van der Waals surface area contributed by atoms with Crippen molar-refractivity contribution in [3.63, 3.8) is 0 Å². The van der Waals surface area contributed by atoms with Crippen LogP contribution < -0.4 is 15.8 Å². The Labute approximate surface area is 286 Å². The van der Waals surface area contributed by atoms with E-state index in [0.717, 1.165) is 22.7 Å². The summed E-state index contributed by atoms with van der Waals surface area (Å²) in [4.78, 5) is 57.1. The minimum Gasteiger partial charge on any atom is -0.504 e. The molecule has 0 unspecified atom stereocenters. The number of halogens is 4. The molecule has 19 heteroatoms. The number of aryl methyl sites for hydroxylation is 1. The largest absolute Gasteiger partial charge is 0.504 e. The molecular formula is C31H31ClF3N9O6. The van der Waals surface area contributed by atoms with Crippen molar-refractivity contribution in [3.8, 4) is 5.75 Å². The minimum absolute atomic E-state index is 0.0309. The number of rotatable bonds is 5. The smallest absolute Gasteiger partial charge is 0.416 e. The maximum Gasteiger partial charge on any atom is 0.416 e. The number of aromatic hydroxyl groups is 1. The third kappa shape index (κ3) is 5.79. The van der Waals surface area contributed by atoms with Gasteiger partial charge in [0.25, 0.3) is 11.5 Å². The number of nitrogens with zero attached hydrogens (tertiary/aromatic N) is 8. The van der Waals surface area contributed by atoms with E-state index < -0.39 is 47.4 Å². The van der Waals surface area contributed by atoms with Crippen molar-refractivity contribution in [2.75, 3.05) is 49.6 Å². The van der Waals surface area contributed by atoms with E-state index in [1.54, 1.807) is 13.8 Å². The fraction of sp³-hybridized carbons (Fsp3) is 0.452. The Hall–Kier alpha value is -4.81. The van der Waals surface area contributed by atoms with Gasteiger partial charge in [-0.15, -0.1) is 5.10 Å². The normalized spacial score (nSPS) is 18.9. The molecule has 3 aliphatic rings. The van der Waals surface area contributed by atoms with Crippen molar-refractivity contribution in [3.05, 3.63) is 68.1 Å². The molecular weight excluding hydrogens is 687 g/mol. The van der Waals surface area contributed by atoms with Crippen LogP contribution in [0.15, 0.2) is 29.3 Å². The lowest BCUT2D eigenvalue weighted by molar-refractivity contribution is -0.137. The zero-order valence-electron chi connectivity index (χ0n) is 26.8. The lowest BCUT2D eigenvalue weighted by Crippen LogP contribution is -2.47. The van der Waals surface area contributed by atoms with E-state index in [0.29, 0.717) is 32.0 Å². The van der Waals surface area contributed by atoms with Gasteiger partial charge in [-0.1, -0.05) is 11.6 Å². The summed E-state index contributed by atoms with van der Waals surface area (Å²) in [6.07, 6.45) is -3.71. The van der Waals surface area contributed by atoms with E-state index in [4.69, 9.17) is 21.1 Å². The summed E-state index contributed by atoms with van der Waals surface area (Å²) >= 11 is 6.12. The number of nitrogens with one attached hydrogen (secondary N) is 1. The van der Waals surface area contributed by atoms with Gasteiger partial charge < -0.3 is 34.3 Å². The van der Waals surface area contributed by atoms with Crippen molar-refractivity contribution in [2.24, 2.45) is 0 Å². The van der Waals surface area contributed by atoms with Crippen LogP contribution in [0.5, 0.6) is 5.75 Å². The van der Waals surface area contributed by atoms with Crippen molar-refractivity contribution < 1.29 is 37.3 Å². The van der Waals surface area contributed by atoms with Gasteiger partial charge in [-0.05, 0) is 44.9 Å². The van der Waals surface area contributed by atoms with Gasteiger partial charge in [0.2, 0.25) is 17.6 Å². The Morgan fingerprint density at radius 2 is 1.86 bits per heavy atom. The Morgan fingerprint density at radius 3 is 2.54 bits per heavy atom. The number of amides is 2. The van der Waals surface area contributed by atoms with Crippen LogP contribution in [0.25, 0.3) is 5.78 Å². The van der Waals surface area contributed by atoms with Crippen molar-refractivity contribution in [1.82, 2.24) is 34.0 Å². The van der Waals surface area contributed by atoms with Crippen LogP contribution in [0, 0.1) is 6.92 Å². The van der Waals surface area contributed by atoms with Crippen molar-refractivity contribution >= 4 is 40.8 Å². The standard InChI is InChI=1S/C31H31ClF3N9O6/c1-16-25(46)23(37-15-36-16)27(48)41-7-5-30(6-8-41)22-24(17(2)50-30)43(14-21(45)38-20-4-3-18(13-19(20)32)31(33,34)35)29-39-28(40-44(29)26(22)47)42-9-11-49-12-10-42/h3-4,13,15,17,46H,5-12,14H2,1-2H3,(H,38,45)/t17-/m1/s1. The van der Waals surface area contributed by atoms with Crippen LogP contribution in [0.1, 0.15) is 58.9 Å². The summed E-state index contributed by atoms with van der Waals surface area (Å²) in [6.45, 7) is 5.03. The minimum atomic E-state index is -4.62. The zero-order valence-corrected chi connectivity index (χ0v) is 27.6. The van der Waals surface area contributed by atoms with Crippen LogP contribution in [-0.4, -0.2) is 90.3 Å². The molecule has 6 heterocycles. The number of hydrogen-bond donors (Lipinski definition) is 2. The molecule has 4 aromatic rings. The highest BCUT2D eigenvalue weighted by molar-refractivity contribution is 6.33. The second-order valence-corrected chi connectivity index (χ2v) is 12.7. The molecule has 0 radical (unpaired) electrons. The first-order valence-corrected chi connectivity index (χ1v) is 16.2. The number of likely N-dealkylation sites (tertiary alicyclic amines) is 1. The quantitative estimate of drug-likeness (QED) is 0.311. The van der Waals surface area contributed by atoms with Gasteiger partial charge in [-0.2, -0.15) is 22.7 Å². The first-order chi connectivity index (χ1) is 23.8. The number of hydrogen-bond acceptors (Lipinski definition) is 11. The number of carbonyl (C=O) groups is 2. The summed E-state index contributed by atoms with van der Waals surface area (Å²) in [5, 5.41) is 17.2. The lowest BCUT2D eigenvalue weighted by atomic mass is 9.85. The molecule has 7 rings (SSSR count). The highest BCUT2D eigenvalue weighted by Crippen LogP contribution is 2.48. The average Bonchev–Trinajstić information content (AvgIpc) is 3.65. The number of benzene rings is 1. The fourth-order valence-electron chi connectivity index (χ4n) is 6.76. The first kappa shape index (κ1) is 33.7. The molecule has 0 saturated carbocycles. The van der Waals surface area contributed by atoms with Crippen LogP contribution in [0.3, 0.4) is 0 Å². The topological polar surface area (TPSA) is 169 Å². The highest BCUT2D eigenvalue weighted by atomic mass is 35.5. The molecule has 264 valence electrons. The van der Waals surface area contributed by atoms with E-state index in [9.17, 15) is 32.7 Å². The molecule has 2 amide bonds. The Bertz CT molecular complexity index is 2070. The van der Waals surface area contributed by atoms with Gasteiger partial charge in [0.15, 0.2) is 11.4 Å².